The van der Waals surface area contributed by atoms with Crippen LogP contribution in [0, 0.1) is 29.6 Å². The molecule has 4 rings (SSSR count). The molecule has 1 aliphatic heterocycles. The largest absolute Gasteiger partial charge is 0.352 e. The number of allylic oxidation sites excluding steroid dienone is 2. The minimum Gasteiger partial charge on any atom is -0.352 e. The molecule has 0 aromatic rings. The Kier molecular flexibility index (Phi) is 0.938. The molecule has 4 aliphatic rings. The summed E-state index contributed by atoms with van der Waals surface area (Å²) in [6, 6.07) is 0.568. The fourth-order valence-corrected chi connectivity index (χ4v) is 4.31. The van der Waals surface area contributed by atoms with Crippen LogP contribution in [0.3, 0.4) is 0 Å². The standard InChI is InChI=1S/C11H13NO/c13-11-9-7-4-8(10(9)12-11)6-3-1-2-5(6)7/h1-2,5-10H,3-4H2,(H,12,13). The molecule has 0 radical (unpaired) electrons. The van der Waals surface area contributed by atoms with Crippen LogP contribution in [0.2, 0.25) is 0 Å². The Balaban J connectivity index is 1.77. The van der Waals surface area contributed by atoms with E-state index in [1.165, 1.54) is 12.8 Å². The van der Waals surface area contributed by atoms with E-state index in [1.54, 1.807) is 0 Å². The minimum absolute atomic E-state index is 0.330. The molecule has 6 unspecified atom stereocenters. The fourth-order valence-electron chi connectivity index (χ4n) is 4.31. The molecule has 1 N–H and O–H groups in total. The molecule has 13 heavy (non-hydrogen) atoms. The van der Waals surface area contributed by atoms with Crippen LogP contribution < -0.4 is 5.32 Å². The van der Waals surface area contributed by atoms with Crippen molar-refractivity contribution in [1.82, 2.24) is 5.32 Å². The SMILES string of the molecule is O=C1NC2C3CC(C4C=CCC43)C12. The highest BCUT2D eigenvalue weighted by molar-refractivity contribution is 5.87. The van der Waals surface area contributed by atoms with Crippen molar-refractivity contribution in [3.8, 4) is 0 Å². The van der Waals surface area contributed by atoms with Crippen LogP contribution in [0.5, 0.6) is 0 Å². The third-order valence-electron chi connectivity index (χ3n) is 4.77. The van der Waals surface area contributed by atoms with E-state index in [0.717, 1.165) is 17.8 Å². The number of fused-ring (bicyclic) bond motifs is 8. The van der Waals surface area contributed by atoms with Gasteiger partial charge in [-0.25, -0.2) is 0 Å². The van der Waals surface area contributed by atoms with Gasteiger partial charge >= 0.3 is 0 Å². The lowest BCUT2D eigenvalue weighted by molar-refractivity contribution is -0.139. The van der Waals surface area contributed by atoms with Crippen molar-refractivity contribution >= 4 is 5.91 Å². The van der Waals surface area contributed by atoms with Crippen LogP contribution in [-0.4, -0.2) is 11.9 Å². The van der Waals surface area contributed by atoms with Gasteiger partial charge in [0, 0.05) is 6.04 Å². The Labute approximate surface area is 77.4 Å². The predicted octanol–water partition coefficient (Wildman–Crippen LogP) is 0.943. The van der Waals surface area contributed by atoms with Gasteiger partial charge < -0.3 is 5.32 Å². The van der Waals surface area contributed by atoms with Crippen molar-refractivity contribution in [2.45, 2.75) is 18.9 Å². The van der Waals surface area contributed by atoms with Gasteiger partial charge in [-0.1, -0.05) is 12.2 Å². The molecule has 0 spiro atoms. The normalized spacial score (nSPS) is 60.2. The first-order valence-electron chi connectivity index (χ1n) is 5.33. The molecule has 2 bridgehead atoms. The summed E-state index contributed by atoms with van der Waals surface area (Å²) < 4.78 is 0. The Hall–Kier alpha value is -0.790. The van der Waals surface area contributed by atoms with Crippen LogP contribution in [0.1, 0.15) is 12.8 Å². The van der Waals surface area contributed by atoms with E-state index in [-0.39, 0.29) is 0 Å². The van der Waals surface area contributed by atoms with Gasteiger partial charge in [-0.3, -0.25) is 4.79 Å². The van der Waals surface area contributed by atoms with Gasteiger partial charge in [0.25, 0.3) is 0 Å². The number of carbonyl (C=O) groups is 1. The first-order chi connectivity index (χ1) is 6.36. The van der Waals surface area contributed by atoms with E-state index in [0.29, 0.717) is 23.8 Å². The van der Waals surface area contributed by atoms with Gasteiger partial charge in [-0.2, -0.15) is 0 Å². The summed E-state index contributed by atoms with van der Waals surface area (Å²) in [7, 11) is 0. The number of amides is 1. The minimum atomic E-state index is 0.330. The lowest BCUT2D eigenvalue weighted by Gasteiger charge is -2.44. The van der Waals surface area contributed by atoms with Crippen LogP contribution in [0.25, 0.3) is 0 Å². The number of hydrogen-bond donors (Lipinski definition) is 1. The maximum absolute atomic E-state index is 11.4. The summed E-state index contributed by atoms with van der Waals surface area (Å²) in [6.45, 7) is 0. The highest BCUT2D eigenvalue weighted by atomic mass is 16.2. The Morgan fingerprint density at radius 2 is 2.23 bits per heavy atom. The maximum atomic E-state index is 11.4. The highest BCUT2D eigenvalue weighted by Gasteiger charge is 2.64. The van der Waals surface area contributed by atoms with E-state index in [1.807, 2.05) is 0 Å². The monoisotopic (exact) mass is 175 g/mol. The Bertz CT molecular complexity index is 320. The summed E-state index contributed by atoms with van der Waals surface area (Å²) in [5.74, 6) is 3.88. The summed E-state index contributed by atoms with van der Waals surface area (Å²) in [5, 5.41) is 3.08. The second-order valence-corrected chi connectivity index (χ2v) is 5.03. The third-order valence-corrected chi connectivity index (χ3v) is 4.77. The summed E-state index contributed by atoms with van der Waals surface area (Å²) >= 11 is 0. The zero-order chi connectivity index (χ0) is 8.58. The maximum Gasteiger partial charge on any atom is 0.225 e. The highest BCUT2D eigenvalue weighted by Crippen LogP contribution is 2.61. The van der Waals surface area contributed by atoms with Gasteiger partial charge in [0.05, 0.1) is 5.92 Å². The van der Waals surface area contributed by atoms with Crippen LogP contribution in [0.15, 0.2) is 12.2 Å². The van der Waals surface area contributed by atoms with Gasteiger partial charge in [0.15, 0.2) is 0 Å². The van der Waals surface area contributed by atoms with Crippen molar-refractivity contribution in [2.24, 2.45) is 29.6 Å². The predicted molar refractivity (Wildman–Crippen MR) is 47.8 cm³/mol. The number of hydrogen-bond acceptors (Lipinski definition) is 1. The summed E-state index contributed by atoms with van der Waals surface area (Å²) in [6.07, 6.45) is 7.28. The Morgan fingerprint density at radius 1 is 1.31 bits per heavy atom. The van der Waals surface area contributed by atoms with E-state index in [2.05, 4.69) is 17.5 Å². The van der Waals surface area contributed by atoms with E-state index < -0.39 is 0 Å². The Morgan fingerprint density at radius 3 is 3.08 bits per heavy atom. The summed E-state index contributed by atoms with van der Waals surface area (Å²) in [5.41, 5.74) is 0. The molecule has 2 nitrogen and oxygen atoms in total. The van der Waals surface area contributed by atoms with E-state index >= 15 is 0 Å². The smallest absolute Gasteiger partial charge is 0.225 e. The molecule has 0 aromatic carbocycles. The molecule has 68 valence electrons. The third kappa shape index (κ3) is 0.560. The quantitative estimate of drug-likeness (QED) is 0.431. The van der Waals surface area contributed by atoms with Gasteiger partial charge in [0.2, 0.25) is 5.91 Å². The van der Waals surface area contributed by atoms with Crippen molar-refractivity contribution in [3.05, 3.63) is 12.2 Å². The molecule has 6 atom stereocenters. The second kappa shape index (κ2) is 1.84. The number of carbonyl (C=O) groups excluding carboxylic acids is 1. The van der Waals surface area contributed by atoms with Crippen molar-refractivity contribution < 1.29 is 4.79 Å². The first-order valence-corrected chi connectivity index (χ1v) is 5.33. The van der Waals surface area contributed by atoms with E-state index in [9.17, 15) is 4.79 Å². The van der Waals surface area contributed by atoms with E-state index in [4.69, 9.17) is 0 Å². The molecule has 0 aromatic heterocycles. The topological polar surface area (TPSA) is 29.1 Å². The number of rotatable bonds is 0. The summed E-state index contributed by atoms with van der Waals surface area (Å²) in [4.78, 5) is 11.4. The average molecular weight is 175 g/mol. The lowest BCUT2D eigenvalue weighted by Crippen LogP contribution is -2.63. The number of nitrogens with one attached hydrogen (secondary N) is 1. The zero-order valence-corrected chi connectivity index (χ0v) is 7.44. The van der Waals surface area contributed by atoms with Gasteiger partial charge in [-0.05, 0) is 36.5 Å². The molecule has 1 amide bonds. The van der Waals surface area contributed by atoms with Crippen molar-refractivity contribution in [1.29, 1.82) is 0 Å². The molecular formula is C11H13NO. The molecule has 2 saturated carbocycles. The number of β-lactam (4-membered cyclic amide) rings is 1. The average Bonchev–Trinajstić information content (AvgIpc) is 2.68. The van der Waals surface area contributed by atoms with Crippen molar-refractivity contribution in [2.75, 3.05) is 0 Å². The van der Waals surface area contributed by atoms with Crippen LogP contribution in [0.4, 0.5) is 0 Å². The molecule has 3 fully saturated rings. The van der Waals surface area contributed by atoms with Gasteiger partial charge in [0.1, 0.15) is 0 Å². The molecule has 1 heterocycles. The first kappa shape index (κ1) is 6.63. The molecule has 3 aliphatic carbocycles. The second-order valence-electron chi connectivity index (χ2n) is 5.03. The van der Waals surface area contributed by atoms with Crippen LogP contribution >= 0.6 is 0 Å². The molecule has 1 saturated heterocycles. The van der Waals surface area contributed by atoms with Gasteiger partial charge in [-0.15, -0.1) is 0 Å². The fraction of sp³-hybridized carbons (Fsp3) is 0.727. The van der Waals surface area contributed by atoms with Crippen molar-refractivity contribution in [3.63, 3.8) is 0 Å². The lowest BCUT2D eigenvalue weighted by atomic mass is 9.69. The zero-order valence-electron chi connectivity index (χ0n) is 7.44. The van der Waals surface area contributed by atoms with Crippen LogP contribution in [-0.2, 0) is 4.79 Å². The molecule has 2 heteroatoms. The molecular weight excluding hydrogens is 162 g/mol.